The molecule has 0 aliphatic rings. The maximum absolute atomic E-state index is 6.08. The molecule has 0 saturated carbocycles. The first-order valence-electron chi connectivity index (χ1n) is 5.22. The van der Waals surface area contributed by atoms with Crippen molar-refractivity contribution in [2.24, 2.45) is 0 Å². The number of hydrogen-bond acceptors (Lipinski definition) is 2. The largest absolute Gasteiger partial charge is 0.496 e. The van der Waals surface area contributed by atoms with Gasteiger partial charge in [-0.15, -0.1) is 0 Å². The number of para-hydroxylation sites is 2. The molecule has 0 aromatic heterocycles. The molecular weight excluding hydrogens is 198 g/mol. The van der Waals surface area contributed by atoms with E-state index in [9.17, 15) is 0 Å². The SMILES string of the molecule is COc1ccccc1-c1cccc(C)c1N. The predicted octanol–water partition coefficient (Wildman–Crippen LogP) is 3.25. The summed E-state index contributed by atoms with van der Waals surface area (Å²) in [5, 5.41) is 0. The molecule has 0 atom stereocenters. The van der Waals surface area contributed by atoms with Crippen LogP contribution in [0.15, 0.2) is 42.5 Å². The summed E-state index contributed by atoms with van der Waals surface area (Å²) in [5.41, 5.74) is 10.0. The third-order valence-electron chi connectivity index (χ3n) is 2.72. The van der Waals surface area contributed by atoms with Gasteiger partial charge in [-0.1, -0.05) is 36.4 Å². The van der Waals surface area contributed by atoms with Crippen molar-refractivity contribution in [1.29, 1.82) is 0 Å². The summed E-state index contributed by atoms with van der Waals surface area (Å²) >= 11 is 0. The molecule has 0 aliphatic carbocycles. The Bertz CT molecular complexity index is 506. The Hall–Kier alpha value is -1.96. The first-order valence-corrected chi connectivity index (χ1v) is 5.22. The lowest BCUT2D eigenvalue weighted by Gasteiger charge is -2.11. The van der Waals surface area contributed by atoms with Crippen LogP contribution in [-0.2, 0) is 0 Å². The molecule has 2 rings (SSSR count). The number of nitrogen functional groups attached to an aromatic ring is 1. The molecule has 16 heavy (non-hydrogen) atoms. The maximum atomic E-state index is 6.08. The van der Waals surface area contributed by atoms with Gasteiger partial charge in [0.1, 0.15) is 5.75 Å². The summed E-state index contributed by atoms with van der Waals surface area (Å²) < 4.78 is 5.34. The molecule has 0 saturated heterocycles. The van der Waals surface area contributed by atoms with Crippen LogP contribution in [0.3, 0.4) is 0 Å². The van der Waals surface area contributed by atoms with Gasteiger partial charge in [-0.25, -0.2) is 0 Å². The Balaban J connectivity index is 2.63. The minimum atomic E-state index is 0.812. The molecule has 2 aromatic rings. The number of aryl methyl sites for hydroxylation is 1. The molecule has 2 aromatic carbocycles. The van der Waals surface area contributed by atoms with Gasteiger partial charge in [0.05, 0.1) is 7.11 Å². The van der Waals surface area contributed by atoms with Gasteiger partial charge in [0, 0.05) is 16.8 Å². The van der Waals surface area contributed by atoms with Gasteiger partial charge in [0.25, 0.3) is 0 Å². The summed E-state index contributed by atoms with van der Waals surface area (Å²) in [7, 11) is 1.67. The van der Waals surface area contributed by atoms with Gasteiger partial charge in [-0.3, -0.25) is 0 Å². The minimum Gasteiger partial charge on any atom is -0.496 e. The first kappa shape index (κ1) is 10.6. The fourth-order valence-corrected chi connectivity index (χ4v) is 1.78. The Kier molecular flexibility index (Phi) is 2.82. The fourth-order valence-electron chi connectivity index (χ4n) is 1.78. The third-order valence-corrected chi connectivity index (χ3v) is 2.72. The van der Waals surface area contributed by atoms with E-state index in [1.807, 2.05) is 49.4 Å². The van der Waals surface area contributed by atoms with Crippen molar-refractivity contribution in [2.45, 2.75) is 6.92 Å². The number of nitrogens with two attached hydrogens (primary N) is 1. The number of methoxy groups -OCH3 is 1. The van der Waals surface area contributed by atoms with Crippen LogP contribution in [0, 0.1) is 6.92 Å². The highest BCUT2D eigenvalue weighted by Gasteiger charge is 2.08. The lowest BCUT2D eigenvalue weighted by molar-refractivity contribution is 0.416. The fraction of sp³-hybridized carbons (Fsp3) is 0.143. The van der Waals surface area contributed by atoms with Crippen LogP contribution < -0.4 is 10.5 Å². The molecule has 0 fully saturated rings. The van der Waals surface area contributed by atoms with Crippen molar-refractivity contribution in [3.63, 3.8) is 0 Å². The highest BCUT2D eigenvalue weighted by Crippen LogP contribution is 2.34. The molecule has 0 aliphatic heterocycles. The van der Waals surface area contributed by atoms with E-state index in [-0.39, 0.29) is 0 Å². The highest BCUT2D eigenvalue weighted by atomic mass is 16.5. The molecule has 0 unspecified atom stereocenters. The Morgan fingerprint density at radius 3 is 2.38 bits per heavy atom. The number of ether oxygens (including phenoxy) is 1. The Morgan fingerprint density at radius 2 is 1.62 bits per heavy atom. The lowest BCUT2D eigenvalue weighted by atomic mass is 10.0. The van der Waals surface area contributed by atoms with Crippen LogP contribution in [0.5, 0.6) is 5.75 Å². The lowest BCUT2D eigenvalue weighted by Crippen LogP contribution is -1.95. The van der Waals surface area contributed by atoms with E-state index in [1.165, 1.54) is 0 Å². The molecule has 0 bridgehead atoms. The van der Waals surface area contributed by atoms with Crippen molar-refractivity contribution in [3.8, 4) is 16.9 Å². The van der Waals surface area contributed by atoms with E-state index in [1.54, 1.807) is 7.11 Å². The molecule has 2 heteroatoms. The van der Waals surface area contributed by atoms with E-state index in [4.69, 9.17) is 10.5 Å². The van der Waals surface area contributed by atoms with Crippen LogP contribution in [0.2, 0.25) is 0 Å². The number of benzene rings is 2. The smallest absolute Gasteiger partial charge is 0.126 e. The van der Waals surface area contributed by atoms with Crippen molar-refractivity contribution in [1.82, 2.24) is 0 Å². The van der Waals surface area contributed by atoms with Gasteiger partial charge in [-0.2, -0.15) is 0 Å². The highest BCUT2D eigenvalue weighted by molar-refractivity contribution is 5.82. The van der Waals surface area contributed by atoms with Crippen LogP contribution in [0.25, 0.3) is 11.1 Å². The zero-order chi connectivity index (χ0) is 11.5. The molecule has 2 nitrogen and oxygen atoms in total. The monoisotopic (exact) mass is 213 g/mol. The van der Waals surface area contributed by atoms with Gasteiger partial charge in [-0.05, 0) is 18.6 Å². The average Bonchev–Trinajstić information content (AvgIpc) is 2.33. The Labute approximate surface area is 95.7 Å². The zero-order valence-corrected chi connectivity index (χ0v) is 9.53. The van der Waals surface area contributed by atoms with E-state index in [0.717, 1.165) is 28.1 Å². The standard InChI is InChI=1S/C14H15NO/c1-10-6-5-8-12(14(10)15)11-7-3-4-9-13(11)16-2/h3-9H,15H2,1-2H3. The molecule has 0 heterocycles. The van der Waals surface area contributed by atoms with Crippen molar-refractivity contribution in [2.75, 3.05) is 12.8 Å². The summed E-state index contributed by atoms with van der Waals surface area (Å²) in [4.78, 5) is 0. The Morgan fingerprint density at radius 1 is 0.938 bits per heavy atom. The van der Waals surface area contributed by atoms with E-state index < -0.39 is 0 Å². The maximum Gasteiger partial charge on any atom is 0.126 e. The summed E-state index contributed by atoms with van der Waals surface area (Å²) in [6.45, 7) is 2.01. The number of hydrogen-bond donors (Lipinski definition) is 1. The first-order chi connectivity index (χ1) is 7.74. The van der Waals surface area contributed by atoms with E-state index in [0.29, 0.717) is 0 Å². The minimum absolute atomic E-state index is 0.812. The van der Waals surface area contributed by atoms with Crippen LogP contribution in [0.4, 0.5) is 5.69 Å². The molecule has 0 radical (unpaired) electrons. The number of anilines is 1. The van der Waals surface area contributed by atoms with Gasteiger partial charge in [0.15, 0.2) is 0 Å². The van der Waals surface area contributed by atoms with Gasteiger partial charge in [0.2, 0.25) is 0 Å². The zero-order valence-electron chi connectivity index (χ0n) is 9.53. The quantitative estimate of drug-likeness (QED) is 0.777. The average molecular weight is 213 g/mol. The topological polar surface area (TPSA) is 35.2 Å². The molecule has 82 valence electrons. The summed E-state index contributed by atoms with van der Waals surface area (Å²) in [6, 6.07) is 13.9. The van der Waals surface area contributed by atoms with Gasteiger partial charge >= 0.3 is 0 Å². The van der Waals surface area contributed by atoms with Crippen LogP contribution in [-0.4, -0.2) is 7.11 Å². The molecule has 2 N–H and O–H groups in total. The van der Waals surface area contributed by atoms with Crippen molar-refractivity contribution in [3.05, 3.63) is 48.0 Å². The normalized spacial score (nSPS) is 10.1. The second kappa shape index (κ2) is 4.27. The number of rotatable bonds is 2. The predicted molar refractivity (Wildman–Crippen MR) is 67.6 cm³/mol. The molecular formula is C14H15NO. The molecule has 0 spiro atoms. The van der Waals surface area contributed by atoms with E-state index >= 15 is 0 Å². The molecule has 0 amide bonds. The van der Waals surface area contributed by atoms with Crippen LogP contribution in [0.1, 0.15) is 5.56 Å². The second-order valence-corrected chi connectivity index (χ2v) is 3.74. The van der Waals surface area contributed by atoms with E-state index in [2.05, 4.69) is 0 Å². The summed E-state index contributed by atoms with van der Waals surface area (Å²) in [5.74, 6) is 0.847. The van der Waals surface area contributed by atoms with Crippen molar-refractivity contribution < 1.29 is 4.74 Å². The third kappa shape index (κ3) is 1.74. The summed E-state index contributed by atoms with van der Waals surface area (Å²) in [6.07, 6.45) is 0. The van der Waals surface area contributed by atoms with Crippen LogP contribution >= 0.6 is 0 Å². The van der Waals surface area contributed by atoms with Crippen molar-refractivity contribution >= 4 is 5.69 Å². The second-order valence-electron chi connectivity index (χ2n) is 3.74. The van der Waals surface area contributed by atoms with Gasteiger partial charge < -0.3 is 10.5 Å².